The molecule has 0 saturated heterocycles. The van der Waals surface area contributed by atoms with Gasteiger partial charge in [-0.15, -0.1) is 0 Å². The third kappa shape index (κ3) is 4.36. The monoisotopic (exact) mass is 468 g/mol. The molecule has 0 fully saturated rings. The molecule has 3 aromatic rings. The van der Waals surface area contributed by atoms with Crippen molar-refractivity contribution in [1.29, 1.82) is 0 Å². The minimum Gasteiger partial charge on any atom is -0.429 e. The van der Waals surface area contributed by atoms with E-state index in [4.69, 9.17) is 10.2 Å². The molecule has 0 radical (unpaired) electrons. The van der Waals surface area contributed by atoms with Crippen molar-refractivity contribution in [3.05, 3.63) is 88.2 Å². The number of halogens is 9. The third-order valence-electron chi connectivity index (χ3n) is 4.19. The summed E-state index contributed by atoms with van der Waals surface area (Å²) in [5.74, 6) is -14.2. The molecule has 3 aromatic carbocycles. The fraction of sp³-hybridized carbons (Fsp3) is 0.100. The van der Waals surface area contributed by atoms with Crippen LogP contribution in [0.1, 0.15) is 17.4 Å². The summed E-state index contributed by atoms with van der Waals surface area (Å²) in [4.78, 5) is 0. The Morgan fingerprint density at radius 1 is 0.656 bits per heavy atom. The zero-order valence-corrected chi connectivity index (χ0v) is 15.2. The maximum atomic E-state index is 14.4. The Labute approximate surface area is 172 Å². The molecule has 0 heterocycles. The van der Waals surface area contributed by atoms with Crippen LogP contribution in [0.25, 0.3) is 11.1 Å². The van der Waals surface area contributed by atoms with Gasteiger partial charge in [0.05, 0.1) is 5.56 Å². The highest BCUT2D eigenvalue weighted by Gasteiger charge is 2.41. The summed E-state index contributed by atoms with van der Waals surface area (Å²) in [6.45, 7) is 0. The largest absolute Gasteiger partial charge is 0.432 e. The molecule has 0 atom stereocenters. The van der Waals surface area contributed by atoms with E-state index in [1.165, 1.54) is 0 Å². The molecule has 0 aromatic heterocycles. The van der Waals surface area contributed by atoms with Crippen molar-refractivity contribution in [3.8, 4) is 16.9 Å². The Kier molecular flexibility index (Phi) is 6.11. The maximum Gasteiger partial charge on any atom is 0.432 e. The van der Waals surface area contributed by atoms with Gasteiger partial charge in [-0.3, -0.25) is 0 Å². The number of aliphatic hydroxyl groups is 2. The van der Waals surface area contributed by atoms with E-state index in [1.54, 1.807) is 0 Å². The predicted molar refractivity (Wildman–Crippen MR) is 89.7 cm³/mol. The number of alkyl halides is 2. The van der Waals surface area contributed by atoms with Gasteiger partial charge < -0.3 is 14.9 Å². The van der Waals surface area contributed by atoms with E-state index < -0.39 is 81.1 Å². The van der Waals surface area contributed by atoms with Gasteiger partial charge >= 0.3 is 6.11 Å². The van der Waals surface area contributed by atoms with Crippen LogP contribution in [0.5, 0.6) is 5.75 Å². The number of benzene rings is 3. The lowest BCUT2D eigenvalue weighted by molar-refractivity contribution is -0.189. The molecular weight excluding hydrogens is 459 g/mol. The molecule has 0 spiro atoms. The normalized spacial score (nSPS) is 11.9. The average molecular weight is 468 g/mol. The molecule has 32 heavy (non-hydrogen) atoms. The predicted octanol–water partition coefficient (Wildman–Crippen LogP) is 5.44. The number of hydrogen-bond acceptors (Lipinski definition) is 3. The van der Waals surface area contributed by atoms with Crippen molar-refractivity contribution < 1.29 is 54.5 Å². The molecule has 2 N–H and O–H groups in total. The quantitative estimate of drug-likeness (QED) is 0.298. The first-order chi connectivity index (χ1) is 14.8. The lowest BCUT2D eigenvalue weighted by atomic mass is 9.99. The third-order valence-corrected chi connectivity index (χ3v) is 4.19. The molecule has 0 bridgehead atoms. The molecule has 0 amide bonds. The Morgan fingerprint density at radius 2 is 1.12 bits per heavy atom. The van der Waals surface area contributed by atoms with Gasteiger partial charge in [-0.05, 0) is 29.8 Å². The van der Waals surface area contributed by atoms with Gasteiger partial charge in [-0.1, -0.05) is 0 Å². The number of aliphatic hydroxyl groups excluding tert-OH is 1. The van der Waals surface area contributed by atoms with E-state index in [-0.39, 0.29) is 24.3 Å². The van der Waals surface area contributed by atoms with Crippen LogP contribution < -0.4 is 4.74 Å². The minimum absolute atomic E-state index is 0.0123. The zero-order valence-electron chi connectivity index (χ0n) is 15.2. The molecule has 3 nitrogen and oxygen atoms in total. The van der Waals surface area contributed by atoms with Gasteiger partial charge in [0, 0.05) is 17.7 Å². The zero-order chi connectivity index (χ0) is 24.0. The molecule has 0 aliphatic rings. The first-order valence-corrected chi connectivity index (χ1v) is 8.38. The summed E-state index contributed by atoms with van der Waals surface area (Å²) in [6, 6.07) is 1.19. The van der Waals surface area contributed by atoms with Gasteiger partial charge in [0.2, 0.25) is 0 Å². The van der Waals surface area contributed by atoms with Crippen molar-refractivity contribution in [2.45, 2.75) is 12.4 Å². The van der Waals surface area contributed by atoms with E-state index in [2.05, 4.69) is 4.74 Å². The Balaban J connectivity index is 2.04. The van der Waals surface area contributed by atoms with Gasteiger partial charge in [-0.25, -0.2) is 30.7 Å². The van der Waals surface area contributed by atoms with Crippen LogP contribution in [0.15, 0.2) is 36.4 Å². The van der Waals surface area contributed by atoms with Crippen LogP contribution in [0.3, 0.4) is 0 Å². The summed E-state index contributed by atoms with van der Waals surface area (Å²) in [6.07, 6.45) is -7.15. The lowest BCUT2D eigenvalue weighted by Gasteiger charge is -2.20. The standard InChI is InChI=1S/C20H9F9O3/c21-10-3-8(19(30)31)4-11(22)16(10)7-1-12(23)17(13(24)2-7)20(28,29)32-9-5-14(25)18(27)15(26)6-9/h1-6,19,30-31H. The van der Waals surface area contributed by atoms with Crippen LogP contribution in [0.2, 0.25) is 0 Å². The first-order valence-electron chi connectivity index (χ1n) is 8.38. The Hall–Kier alpha value is -3.25. The van der Waals surface area contributed by atoms with Crippen molar-refractivity contribution in [2.24, 2.45) is 0 Å². The highest BCUT2D eigenvalue weighted by molar-refractivity contribution is 5.66. The van der Waals surface area contributed by atoms with Gasteiger partial charge in [0.25, 0.3) is 0 Å². The smallest absolute Gasteiger partial charge is 0.429 e. The highest BCUT2D eigenvalue weighted by Crippen LogP contribution is 2.38. The second-order valence-corrected chi connectivity index (χ2v) is 6.37. The molecule has 3 rings (SSSR count). The molecule has 170 valence electrons. The van der Waals surface area contributed by atoms with E-state index >= 15 is 0 Å². The number of rotatable bonds is 5. The molecule has 0 aliphatic heterocycles. The van der Waals surface area contributed by atoms with E-state index in [9.17, 15) is 39.5 Å². The molecule has 0 saturated carbocycles. The van der Waals surface area contributed by atoms with Gasteiger partial charge in [-0.2, -0.15) is 8.78 Å². The average Bonchev–Trinajstić information content (AvgIpc) is 2.64. The van der Waals surface area contributed by atoms with E-state index in [0.29, 0.717) is 12.1 Å². The SMILES string of the molecule is OC(O)c1cc(F)c(-c2cc(F)c(C(F)(F)Oc3cc(F)c(F)c(F)c3)c(F)c2)c(F)c1. The van der Waals surface area contributed by atoms with Gasteiger partial charge in [0.15, 0.2) is 23.7 Å². The van der Waals surface area contributed by atoms with Crippen LogP contribution in [0, 0.1) is 40.7 Å². The van der Waals surface area contributed by atoms with Gasteiger partial charge in [0.1, 0.15) is 34.6 Å². The molecule has 0 aliphatic carbocycles. The van der Waals surface area contributed by atoms with Crippen molar-refractivity contribution in [2.75, 3.05) is 0 Å². The van der Waals surface area contributed by atoms with Crippen LogP contribution >= 0.6 is 0 Å². The minimum atomic E-state index is -4.88. The van der Waals surface area contributed by atoms with E-state index in [1.807, 2.05) is 0 Å². The lowest BCUT2D eigenvalue weighted by Crippen LogP contribution is -2.25. The summed E-state index contributed by atoms with van der Waals surface area (Å²) < 4.78 is 129. The second-order valence-electron chi connectivity index (χ2n) is 6.37. The Morgan fingerprint density at radius 3 is 1.56 bits per heavy atom. The molecule has 12 heteroatoms. The summed E-state index contributed by atoms with van der Waals surface area (Å²) in [7, 11) is 0. The second kappa shape index (κ2) is 8.36. The summed E-state index contributed by atoms with van der Waals surface area (Å²) in [5.41, 5.74) is -4.62. The fourth-order valence-electron chi connectivity index (χ4n) is 2.80. The van der Waals surface area contributed by atoms with Crippen LogP contribution in [-0.2, 0) is 6.11 Å². The summed E-state index contributed by atoms with van der Waals surface area (Å²) >= 11 is 0. The fourth-order valence-corrected chi connectivity index (χ4v) is 2.80. The number of ether oxygens (including phenoxy) is 1. The number of hydrogen-bond donors (Lipinski definition) is 2. The van der Waals surface area contributed by atoms with Crippen molar-refractivity contribution in [3.63, 3.8) is 0 Å². The van der Waals surface area contributed by atoms with Crippen molar-refractivity contribution >= 4 is 0 Å². The van der Waals surface area contributed by atoms with E-state index in [0.717, 1.165) is 0 Å². The highest BCUT2D eigenvalue weighted by atomic mass is 19.3. The van der Waals surface area contributed by atoms with Crippen LogP contribution in [-0.4, -0.2) is 10.2 Å². The van der Waals surface area contributed by atoms with Crippen molar-refractivity contribution in [1.82, 2.24) is 0 Å². The molecule has 0 unspecified atom stereocenters. The summed E-state index contributed by atoms with van der Waals surface area (Å²) in [5, 5.41) is 17.9. The Bertz CT molecular complexity index is 1130. The topological polar surface area (TPSA) is 49.7 Å². The first kappa shape index (κ1) is 23.4. The molecular formula is C20H9F9O3. The maximum absolute atomic E-state index is 14.4. The van der Waals surface area contributed by atoms with Crippen LogP contribution in [0.4, 0.5) is 39.5 Å².